The van der Waals surface area contributed by atoms with Crippen LogP contribution in [0, 0.1) is 5.92 Å². The van der Waals surface area contributed by atoms with Gasteiger partial charge in [-0.25, -0.2) is 8.42 Å². The van der Waals surface area contributed by atoms with Gasteiger partial charge in [0.2, 0.25) is 0 Å². The van der Waals surface area contributed by atoms with Crippen LogP contribution in [0.5, 0.6) is 0 Å². The first-order valence-electron chi connectivity index (χ1n) is 6.30. The first kappa shape index (κ1) is 12.3. The molecule has 4 nitrogen and oxygen atoms in total. The summed E-state index contributed by atoms with van der Waals surface area (Å²) in [5, 5.41) is 6.78. The van der Waals surface area contributed by atoms with Gasteiger partial charge in [0.1, 0.15) is 0 Å². The van der Waals surface area contributed by atoms with E-state index >= 15 is 0 Å². The number of rotatable bonds is 3. The Labute approximate surface area is 98.1 Å². The Hall–Kier alpha value is -0.130. The van der Waals surface area contributed by atoms with Gasteiger partial charge in [-0.05, 0) is 51.2 Å². The minimum absolute atomic E-state index is 0.202. The van der Waals surface area contributed by atoms with Gasteiger partial charge in [-0.3, -0.25) is 0 Å². The highest BCUT2D eigenvalue weighted by atomic mass is 32.2. The highest BCUT2D eigenvalue weighted by Gasteiger charge is 2.25. The van der Waals surface area contributed by atoms with Gasteiger partial charge < -0.3 is 10.6 Å². The topological polar surface area (TPSA) is 58.2 Å². The van der Waals surface area contributed by atoms with Crippen LogP contribution in [0.1, 0.15) is 25.7 Å². The second kappa shape index (κ2) is 5.47. The van der Waals surface area contributed by atoms with Crippen LogP contribution in [0.3, 0.4) is 0 Å². The molecule has 1 atom stereocenters. The molecule has 0 spiro atoms. The number of sulfone groups is 1. The molecule has 0 aromatic heterocycles. The summed E-state index contributed by atoms with van der Waals surface area (Å²) in [5.74, 6) is 1.46. The molecule has 0 aromatic carbocycles. The van der Waals surface area contributed by atoms with E-state index in [2.05, 4.69) is 10.6 Å². The standard InChI is InChI=1S/C11H22N2O2S/c14-16(15)7-1-2-11(9-16)13-8-10-3-5-12-6-4-10/h10-13H,1-9H2. The van der Waals surface area contributed by atoms with Crippen molar-refractivity contribution in [3.05, 3.63) is 0 Å². The zero-order valence-corrected chi connectivity index (χ0v) is 10.6. The predicted octanol–water partition coefficient (Wildman–Crippen LogP) is 0.153. The Morgan fingerprint density at radius 3 is 2.62 bits per heavy atom. The van der Waals surface area contributed by atoms with Crippen molar-refractivity contribution < 1.29 is 8.42 Å². The van der Waals surface area contributed by atoms with Crippen LogP contribution in [0.4, 0.5) is 0 Å². The largest absolute Gasteiger partial charge is 0.317 e. The summed E-state index contributed by atoms with van der Waals surface area (Å²) in [6.07, 6.45) is 4.27. The predicted molar refractivity (Wildman–Crippen MR) is 65.3 cm³/mol. The lowest BCUT2D eigenvalue weighted by Gasteiger charge is -2.28. The molecule has 0 bridgehead atoms. The molecule has 0 radical (unpaired) electrons. The smallest absolute Gasteiger partial charge is 0.151 e. The van der Waals surface area contributed by atoms with E-state index in [1.165, 1.54) is 12.8 Å². The Morgan fingerprint density at radius 2 is 1.94 bits per heavy atom. The average molecular weight is 246 g/mol. The molecule has 94 valence electrons. The number of piperidine rings is 1. The van der Waals surface area contributed by atoms with E-state index in [1.807, 2.05) is 0 Å². The highest BCUT2D eigenvalue weighted by Crippen LogP contribution is 2.14. The Bertz CT molecular complexity index is 310. The Morgan fingerprint density at radius 1 is 1.19 bits per heavy atom. The fourth-order valence-corrected chi connectivity index (χ4v) is 4.27. The fraction of sp³-hybridized carbons (Fsp3) is 1.00. The summed E-state index contributed by atoms with van der Waals surface area (Å²) in [4.78, 5) is 0. The van der Waals surface area contributed by atoms with Crippen molar-refractivity contribution >= 4 is 9.84 Å². The van der Waals surface area contributed by atoms with E-state index in [4.69, 9.17) is 0 Å². The van der Waals surface area contributed by atoms with Crippen LogP contribution in [0.2, 0.25) is 0 Å². The first-order valence-corrected chi connectivity index (χ1v) is 8.12. The Balaban J connectivity index is 1.72. The molecule has 2 saturated heterocycles. The van der Waals surface area contributed by atoms with Gasteiger partial charge in [0, 0.05) is 6.04 Å². The quantitative estimate of drug-likeness (QED) is 0.744. The lowest BCUT2D eigenvalue weighted by molar-refractivity contribution is 0.337. The van der Waals surface area contributed by atoms with Crippen molar-refractivity contribution in [2.24, 2.45) is 5.92 Å². The van der Waals surface area contributed by atoms with Gasteiger partial charge in [0.15, 0.2) is 9.84 Å². The van der Waals surface area contributed by atoms with Gasteiger partial charge in [-0.1, -0.05) is 0 Å². The second-order valence-electron chi connectivity index (χ2n) is 5.06. The maximum Gasteiger partial charge on any atom is 0.151 e. The molecule has 0 aromatic rings. The van der Waals surface area contributed by atoms with Crippen LogP contribution in [-0.2, 0) is 9.84 Å². The van der Waals surface area contributed by atoms with E-state index in [-0.39, 0.29) is 6.04 Å². The van der Waals surface area contributed by atoms with Crippen molar-refractivity contribution in [2.75, 3.05) is 31.1 Å². The molecular weight excluding hydrogens is 224 g/mol. The van der Waals surface area contributed by atoms with Crippen molar-refractivity contribution in [1.82, 2.24) is 10.6 Å². The molecule has 5 heteroatoms. The fourth-order valence-electron chi connectivity index (χ4n) is 2.60. The van der Waals surface area contributed by atoms with Crippen LogP contribution >= 0.6 is 0 Å². The molecule has 2 rings (SSSR count). The lowest BCUT2D eigenvalue weighted by atomic mass is 9.98. The van der Waals surface area contributed by atoms with Crippen LogP contribution in [-0.4, -0.2) is 45.6 Å². The highest BCUT2D eigenvalue weighted by molar-refractivity contribution is 7.91. The SMILES string of the molecule is O=S1(=O)CCCC(NCC2CCNCC2)C1. The van der Waals surface area contributed by atoms with E-state index in [1.54, 1.807) is 0 Å². The molecule has 16 heavy (non-hydrogen) atoms. The van der Waals surface area contributed by atoms with Crippen molar-refractivity contribution in [3.8, 4) is 0 Å². The molecule has 0 aliphatic carbocycles. The average Bonchev–Trinajstić information content (AvgIpc) is 2.27. The molecule has 2 aliphatic heterocycles. The summed E-state index contributed by atoms with van der Waals surface area (Å²) in [7, 11) is -2.76. The van der Waals surface area contributed by atoms with E-state index in [0.717, 1.165) is 38.4 Å². The van der Waals surface area contributed by atoms with Crippen molar-refractivity contribution in [3.63, 3.8) is 0 Å². The summed E-state index contributed by atoms with van der Waals surface area (Å²) in [6, 6.07) is 0.202. The number of hydrogen-bond donors (Lipinski definition) is 2. The summed E-state index contributed by atoms with van der Waals surface area (Å²) in [5.41, 5.74) is 0. The van der Waals surface area contributed by atoms with Gasteiger partial charge >= 0.3 is 0 Å². The van der Waals surface area contributed by atoms with Crippen molar-refractivity contribution in [1.29, 1.82) is 0 Å². The van der Waals surface area contributed by atoms with Crippen molar-refractivity contribution in [2.45, 2.75) is 31.7 Å². The molecule has 2 fully saturated rings. The van der Waals surface area contributed by atoms with E-state index < -0.39 is 9.84 Å². The van der Waals surface area contributed by atoms with Gasteiger partial charge in [0.05, 0.1) is 11.5 Å². The zero-order valence-electron chi connectivity index (χ0n) is 9.74. The number of hydrogen-bond acceptors (Lipinski definition) is 4. The summed E-state index contributed by atoms with van der Waals surface area (Å²) in [6.45, 7) is 3.20. The summed E-state index contributed by atoms with van der Waals surface area (Å²) < 4.78 is 22.9. The van der Waals surface area contributed by atoms with Gasteiger partial charge in [-0.15, -0.1) is 0 Å². The van der Waals surface area contributed by atoms with Crippen LogP contribution < -0.4 is 10.6 Å². The monoisotopic (exact) mass is 246 g/mol. The maximum atomic E-state index is 11.5. The zero-order chi connectivity index (χ0) is 11.4. The van der Waals surface area contributed by atoms with Crippen LogP contribution in [0.25, 0.3) is 0 Å². The van der Waals surface area contributed by atoms with E-state index in [0.29, 0.717) is 11.5 Å². The minimum atomic E-state index is -2.76. The van der Waals surface area contributed by atoms with E-state index in [9.17, 15) is 8.42 Å². The molecule has 2 N–H and O–H groups in total. The van der Waals surface area contributed by atoms with Gasteiger partial charge in [-0.2, -0.15) is 0 Å². The van der Waals surface area contributed by atoms with Gasteiger partial charge in [0.25, 0.3) is 0 Å². The van der Waals surface area contributed by atoms with Crippen LogP contribution in [0.15, 0.2) is 0 Å². The molecule has 0 saturated carbocycles. The third-order valence-corrected chi connectivity index (χ3v) is 5.44. The first-order chi connectivity index (χ1) is 7.66. The lowest BCUT2D eigenvalue weighted by Crippen LogP contribution is -2.43. The third-order valence-electron chi connectivity index (χ3n) is 3.62. The normalized spacial score (nSPS) is 31.4. The molecule has 2 heterocycles. The number of nitrogens with one attached hydrogen (secondary N) is 2. The summed E-state index contributed by atoms with van der Waals surface area (Å²) >= 11 is 0. The second-order valence-corrected chi connectivity index (χ2v) is 7.28. The Kier molecular flexibility index (Phi) is 4.21. The minimum Gasteiger partial charge on any atom is -0.317 e. The molecule has 1 unspecified atom stereocenters. The molecular formula is C11H22N2O2S. The maximum absolute atomic E-state index is 11.5. The molecule has 0 amide bonds. The molecule has 2 aliphatic rings. The third kappa shape index (κ3) is 3.71.